The third-order valence-electron chi connectivity index (χ3n) is 3.24. The first-order chi connectivity index (χ1) is 11.5. The van der Waals surface area contributed by atoms with E-state index in [0.29, 0.717) is 28.6 Å². The van der Waals surface area contributed by atoms with Crippen LogP contribution in [0.3, 0.4) is 0 Å². The van der Waals surface area contributed by atoms with Gasteiger partial charge in [0.1, 0.15) is 11.5 Å². The molecule has 1 N–H and O–H groups in total. The van der Waals surface area contributed by atoms with Gasteiger partial charge < -0.3 is 14.8 Å². The van der Waals surface area contributed by atoms with Gasteiger partial charge in [-0.15, -0.1) is 0 Å². The van der Waals surface area contributed by atoms with E-state index in [-0.39, 0.29) is 12.0 Å². The molecule has 0 aliphatic carbocycles. The molecule has 1 amide bonds. The number of carbonyl (C=O) groups is 1. The van der Waals surface area contributed by atoms with Gasteiger partial charge in [0.15, 0.2) is 6.10 Å². The van der Waals surface area contributed by atoms with Crippen LogP contribution < -0.4 is 14.8 Å². The van der Waals surface area contributed by atoms with E-state index in [1.807, 2.05) is 51.1 Å². The van der Waals surface area contributed by atoms with Gasteiger partial charge in [-0.2, -0.15) is 0 Å². The number of ether oxygens (including phenoxy) is 2. The average Bonchev–Trinajstić information content (AvgIpc) is 2.53. The molecule has 0 saturated carbocycles. The zero-order chi connectivity index (χ0) is 17.5. The summed E-state index contributed by atoms with van der Waals surface area (Å²) in [7, 11) is 0. The fraction of sp³-hybridized carbons (Fsp3) is 0.316. The summed E-state index contributed by atoms with van der Waals surface area (Å²) in [5.74, 6) is 0.986. The lowest BCUT2D eigenvalue weighted by Crippen LogP contribution is -2.32. The molecule has 0 radical (unpaired) electrons. The highest BCUT2D eigenvalue weighted by Crippen LogP contribution is 2.25. The maximum Gasteiger partial charge on any atom is 0.265 e. The first-order valence-electron chi connectivity index (χ1n) is 7.98. The van der Waals surface area contributed by atoms with Crippen molar-refractivity contribution in [3.05, 3.63) is 53.6 Å². The van der Waals surface area contributed by atoms with Gasteiger partial charge in [-0.3, -0.25) is 4.79 Å². The van der Waals surface area contributed by atoms with Crippen molar-refractivity contribution in [2.24, 2.45) is 0 Å². The molecule has 24 heavy (non-hydrogen) atoms. The molecule has 2 aromatic rings. The Morgan fingerprint density at radius 3 is 2.54 bits per heavy atom. The number of amides is 1. The van der Waals surface area contributed by atoms with E-state index in [0.717, 1.165) is 0 Å². The van der Waals surface area contributed by atoms with Gasteiger partial charge in [-0.05, 0) is 44.5 Å². The van der Waals surface area contributed by atoms with Crippen molar-refractivity contribution in [1.29, 1.82) is 0 Å². The Bertz CT molecular complexity index is 688. The minimum Gasteiger partial charge on any atom is -0.491 e. The Hall–Kier alpha value is -2.20. The molecule has 0 saturated heterocycles. The molecule has 0 heterocycles. The summed E-state index contributed by atoms with van der Waals surface area (Å²) in [5, 5.41) is 3.34. The molecular formula is C19H22ClNO3. The summed E-state index contributed by atoms with van der Waals surface area (Å²) in [6.07, 6.45) is -0.0262. The van der Waals surface area contributed by atoms with Crippen LogP contribution in [0.5, 0.6) is 11.5 Å². The first kappa shape index (κ1) is 18.1. The summed E-state index contributed by atoms with van der Waals surface area (Å²) in [6.45, 7) is 5.80. The third-order valence-corrected chi connectivity index (χ3v) is 3.55. The monoisotopic (exact) mass is 347 g/mol. The molecule has 0 aliphatic heterocycles. The maximum atomic E-state index is 12.5. The molecule has 5 heteroatoms. The highest BCUT2D eigenvalue weighted by atomic mass is 35.5. The van der Waals surface area contributed by atoms with Gasteiger partial charge in [0.2, 0.25) is 0 Å². The van der Waals surface area contributed by atoms with Crippen molar-refractivity contribution >= 4 is 23.2 Å². The second-order valence-corrected chi connectivity index (χ2v) is 6.04. The number of anilines is 1. The Kier molecular flexibility index (Phi) is 6.50. The van der Waals surface area contributed by atoms with Crippen LogP contribution in [0.1, 0.15) is 27.2 Å². The molecule has 128 valence electrons. The molecule has 2 aromatic carbocycles. The summed E-state index contributed by atoms with van der Waals surface area (Å²) >= 11 is 6.09. The zero-order valence-electron chi connectivity index (χ0n) is 14.1. The lowest BCUT2D eigenvalue weighted by Gasteiger charge is -2.18. The number of hydrogen-bond acceptors (Lipinski definition) is 3. The van der Waals surface area contributed by atoms with Crippen LogP contribution in [0.25, 0.3) is 0 Å². The van der Waals surface area contributed by atoms with Gasteiger partial charge in [0, 0.05) is 11.8 Å². The fourth-order valence-electron chi connectivity index (χ4n) is 2.16. The average molecular weight is 348 g/mol. The molecule has 0 bridgehead atoms. The van der Waals surface area contributed by atoms with Crippen molar-refractivity contribution in [2.45, 2.75) is 39.4 Å². The Morgan fingerprint density at radius 2 is 1.88 bits per heavy atom. The van der Waals surface area contributed by atoms with E-state index >= 15 is 0 Å². The SMILES string of the molecule is CC[C@@H](Oc1ccccc1Cl)C(=O)Nc1cccc(OC(C)C)c1. The van der Waals surface area contributed by atoms with Crippen molar-refractivity contribution < 1.29 is 14.3 Å². The normalized spacial score (nSPS) is 11.9. The third kappa shape index (κ3) is 5.17. The van der Waals surface area contributed by atoms with E-state index in [2.05, 4.69) is 5.32 Å². The number of nitrogens with one attached hydrogen (secondary N) is 1. The number of rotatable bonds is 7. The largest absolute Gasteiger partial charge is 0.491 e. The number of benzene rings is 2. The van der Waals surface area contributed by atoms with Gasteiger partial charge in [-0.25, -0.2) is 0 Å². The Balaban J connectivity index is 2.05. The minimum atomic E-state index is -0.625. The highest BCUT2D eigenvalue weighted by molar-refractivity contribution is 6.32. The van der Waals surface area contributed by atoms with Crippen molar-refractivity contribution in [1.82, 2.24) is 0 Å². The standard InChI is InChI=1S/C19H22ClNO3/c1-4-17(24-18-11-6-5-10-16(18)20)19(22)21-14-8-7-9-15(12-14)23-13(2)3/h5-13,17H,4H2,1-3H3,(H,21,22)/t17-/m1/s1. The van der Waals surface area contributed by atoms with Crippen LogP contribution in [0.4, 0.5) is 5.69 Å². The second kappa shape index (κ2) is 8.60. The fourth-order valence-corrected chi connectivity index (χ4v) is 2.34. The molecule has 1 atom stereocenters. The van der Waals surface area contributed by atoms with E-state index in [4.69, 9.17) is 21.1 Å². The molecule has 4 nitrogen and oxygen atoms in total. The van der Waals surface area contributed by atoms with Crippen LogP contribution >= 0.6 is 11.6 Å². The highest BCUT2D eigenvalue weighted by Gasteiger charge is 2.19. The number of hydrogen-bond donors (Lipinski definition) is 1. The number of para-hydroxylation sites is 1. The van der Waals surface area contributed by atoms with E-state index < -0.39 is 6.10 Å². The Labute approximate surface area is 147 Å². The van der Waals surface area contributed by atoms with Crippen LogP contribution in [0, 0.1) is 0 Å². The predicted molar refractivity (Wildman–Crippen MR) is 97.0 cm³/mol. The second-order valence-electron chi connectivity index (χ2n) is 5.63. The molecule has 2 rings (SSSR count). The summed E-state index contributed by atoms with van der Waals surface area (Å²) in [6, 6.07) is 14.4. The minimum absolute atomic E-state index is 0.0721. The van der Waals surface area contributed by atoms with Crippen LogP contribution in [-0.4, -0.2) is 18.1 Å². The summed E-state index contributed by atoms with van der Waals surface area (Å²) < 4.78 is 11.4. The van der Waals surface area contributed by atoms with Crippen molar-refractivity contribution in [3.63, 3.8) is 0 Å². The van der Waals surface area contributed by atoms with Gasteiger partial charge in [0.05, 0.1) is 11.1 Å². The lowest BCUT2D eigenvalue weighted by atomic mass is 10.2. The first-order valence-corrected chi connectivity index (χ1v) is 8.36. The molecule has 0 fully saturated rings. The van der Waals surface area contributed by atoms with Crippen molar-refractivity contribution in [2.75, 3.05) is 5.32 Å². The number of carbonyl (C=O) groups excluding carboxylic acids is 1. The Morgan fingerprint density at radius 1 is 1.12 bits per heavy atom. The van der Waals surface area contributed by atoms with Crippen LogP contribution in [0.2, 0.25) is 5.02 Å². The van der Waals surface area contributed by atoms with Crippen LogP contribution in [-0.2, 0) is 4.79 Å². The summed E-state index contributed by atoms with van der Waals surface area (Å²) in [5.41, 5.74) is 0.666. The van der Waals surface area contributed by atoms with Gasteiger partial charge in [-0.1, -0.05) is 36.7 Å². The molecule has 0 aliphatic rings. The topological polar surface area (TPSA) is 47.6 Å². The van der Waals surface area contributed by atoms with E-state index in [1.165, 1.54) is 0 Å². The van der Waals surface area contributed by atoms with E-state index in [9.17, 15) is 4.79 Å². The quantitative estimate of drug-likeness (QED) is 0.773. The van der Waals surface area contributed by atoms with Crippen LogP contribution in [0.15, 0.2) is 48.5 Å². The van der Waals surface area contributed by atoms with E-state index in [1.54, 1.807) is 18.2 Å². The smallest absolute Gasteiger partial charge is 0.265 e. The predicted octanol–water partition coefficient (Wildman–Crippen LogP) is 4.92. The molecule has 0 unspecified atom stereocenters. The van der Waals surface area contributed by atoms with Crippen molar-refractivity contribution in [3.8, 4) is 11.5 Å². The molecule has 0 spiro atoms. The zero-order valence-corrected chi connectivity index (χ0v) is 14.8. The summed E-state index contributed by atoms with van der Waals surface area (Å²) in [4.78, 5) is 12.5. The lowest BCUT2D eigenvalue weighted by molar-refractivity contribution is -0.122. The van der Waals surface area contributed by atoms with Gasteiger partial charge >= 0.3 is 0 Å². The van der Waals surface area contributed by atoms with Gasteiger partial charge in [0.25, 0.3) is 5.91 Å². The number of halogens is 1. The molecule has 0 aromatic heterocycles. The molecular weight excluding hydrogens is 326 g/mol. The maximum absolute atomic E-state index is 12.5.